The van der Waals surface area contributed by atoms with E-state index in [9.17, 15) is 18.4 Å². The number of halogens is 2. The van der Waals surface area contributed by atoms with Crippen molar-refractivity contribution in [1.29, 1.82) is 0 Å². The molecule has 4 rings (SSSR count). The Morgan fingerprint density at radius 1 is 1.18 bits per heavy atom. The molecule has 2 aliphatic heterocycles. The molecule has 2 aromatic heterocycles. The van der Waals surface area contributed by atoms with Gasteiger partial charge in [-0.05, 0) is 39.3 Å². The van der Waals surface area contributed by atoms with Gasteiger partial charge in [-0.3, -0.25) is 5.32 Å². The topological polar surface area (TPSA) is 138 Å². The minimum atomic E-state index is -3.16. The van der Waals surface area contributed by atoms with Crippen molar-refractivity contribution in [3.63, 3.8) is 0 Å². The number of carbonyl (C=O) groups is 2. The zero-order valence-electron chi connectivity index (χ0n) is 22.8. The predicted octanol–water partition coefficient (Wildman–Crippen LogP) is 2.47. The summed E-state index contributed by atoms with van der Waals surface area (Å²) in [5.74, 6) is -2.32. The van der Waals surface area contributed by atoms with Gasteiger partial charge in [-0.25, -0.2) is 33.3 Å². The van der Waals surface area contributed by atoms with Crippen molar-refractivity contribution in [1.82, 2.24) is 35.1 Å². The molecule has 0 unspecified atom stereocenters. The molecular weight excluding hydrogens is 528 g/mol. The number of aromatic nitrogens is 4. The lowest BCUT2D eigenvalue weighted by Gasteiger charge is -2.42. The maximum absolute atomic E-state index is 14.9. The first-order valence-corrected chi connectivity index (χ1v) is 13.2. The molecule has 0 bridgehead atoms. The Bertz CT molecular complexity index is 1160. The smallest absolute Gasteiger partial charge is 0.413 e. The molecule has 2 atom stereocenters. The van der Waals surface area contributed by atoms with E-state index < -0.39 is 30.5 Å². The summed E-state index contributed by atoms with van der Waals surface area (Å²) in [6.45, 7) is 4.35. The molecule has 218 valence electrons. The largest absolute Gasteiger partial charge is 0.477 e. The summed E-state index contributed by atoms with van der Waals surface area (Å²) in [6, 6.07) is -0.837. The Morgan fingerprint density at radius 3 is 2.73 bits per heavy atom. The molecular formula is C25H35F2N9O4. The summed E-state index contributed by atoms with van der Waals surface area (Å²) < 4.78 is 40.4. The average Bonchev–Trinajstić information content (AvgIpc) is 2.93. The number of urea groups is 1. The minimum absolute atomic E-state index is 0.00248. The van der Waals surface area contributed by atoms with Crippen molar-refractivity contribution >= 4 is 23.9 Å². The molecule has 0 saturated carbocycles. The highest BCUT2D eigenvalue weighted by Gasteiger charge is 2.48. The number of likely N-dealkylation sites (N-methyl/N-ethyl adjacent to an activating group) is 1. The van der Waals surface area contributed by atoms with E-state index in [1.54, 1.807) is 6.92 Å². The van der Waals surface area contributed by atoms with Crippen LogP contribution < -0.4 is 25.0 Å². The Labute approximate surface area is 231 Å². The van der Waals surface area contributed by atoms with Crippen LogP contribution in [0.3, 0.4) is 0 Å². The molecule has 2 aromatic rings. The summed E-state index contributed by atoms with van der Waals surface area (Å²) >= 11 is 0. The van der Waals surface area contributed by atoms with E-state index in [1.807, 2.05) is 0 Å². The Kier molecular flexibility index (Phi) is 9.45. The van der Waals surface area contributed by atoms with Crippen molar-refractivity contribution in [2.24, 2.45) is 5.92 Å². The summed E-state index contributed by atoms with van der Waals surface area (Å²) in [5, 5.41) is 5.24. The lowest BCUT2D eigenvalue weighted by molar-refractivity contribution is -0.0760. The fourth-order valence-corrected chi connectivity index (χ4v) is 4.75. The highest BCUT2D eigenvalue weighted by Crippen LogP contribution is 2.33. The van der Waals surface area contributed by atoms with Crippen molar-refractivity contribution in [3.8, 4) is 11.8 Å². The molecule has 0 spiro atoms. The Morgan fingerprint density at radius 2 is 2.00 bits per heavy atom. The van der Waals surface area contributed by atoms with E-state index in [0.717, 1.165) is 30.8 Å². The fraction of sp³-hybridized carbons (Fsp3) is 0.600. The SMILES string of the molecule is CCOc1cnc(NC(=O)N(C)[C@H]2CN(c3nccc(OC(=O)NC[C@@H]4CCCN(C)C4)n3)CCC2(F)F)cn1. The van der Waals surface area contributed by atoms with E-state index >= 15 is 0 Å². The number of ether oxygens (including phenoxy) is 2. The number of piperidine rings is 2. The molecule has 2 aliphatic rings. The van der Waals surface area contributed by atoms with E-state index in [2.05, 4.69) is 42.5 Å². The number of carbonyl (C=O) groups excluding carboxylic acids is 2. The molecule has 2 saturated heterocycles. The van der Waals surface area contributed by atoms with E-state index in [1.165, 1.54) is 36.6 Å². The van der Waals surface area contributed by atoms with Crippen molar-refractivity contribution in [2.45, 2.75) is 38.2 Å². The number of nitrogens with one attached hydrogen (secondary N) is 2. The second kappa shape index (κ2) is 13.0. The molecule has 0 radical (unpaired) electrons. The minimum Gasteiger partial charge on any atom is -0.477 e. The van der Waals surface area contributed by atoms with Gasteiger partial charge in [-0.2, -0.15) is 4.98 Å². The molecule has 2 fully saturated rings. The fourth-order valence-electron chi connectivity index (χ4n) is 4.75. The lowest BCUT2D eigenvalue weighted by Crippen LogP contribution is -2.60. The number of likely N-dealkylation sites (tertiary alicyclic amines) is 1. The number of amides is 3. The van der Waals surface area contributed by atoms with Crippen molar-refractivity contribution in [3.05, 3.63) is 24.7 Å². The number of alkyl halides is 2. The summed E-state index contributed by atoms with van der Waals surface area (Å²) in [5.41, 5.74) is 0. The molecule has 13 nitrogen and oxygen atoms in total. The van der Waals surface area contributed by atoms with Crippen LogP contribution in [0.4, 0.5) is 30.1 Å². The molecule has 0 aliphatic carbocycles. The van der Waals surface area contributed by atoms with Gasteiger partial charge in [0.05, 0.1) is 19.0 Å². The molecule has 2 N–H and O–H groups in total. The van der Waals surface area contributed by atoms with Crippen molar-refractivity contribution < 1.29 is 27.8 Å². The predicted molar refractivity (Wildman–Crippen MR) is 142 cm³/mol. The van der Waals surface area contributed by atoms with Crippen LogP contribution in [0.5, 0.6) is 11.8 Å². The number of anilines is 2. The van der Waals surface area contributed by atoms with Gasteiger partial charge in [0.1, 0.15) is 6.04 Å². The number of hydrogen-bond acceptors (Lipinski definition) is 10. The third-order valence-corrected chi connectivity index (χ3v) is 6.89. The summed E-state index contributed by atoms with van der Waals surface area (Å²) in [7, 11) is 3.34. The number of rotatable bonds is 8. The maximum Gasteiger partial charge on any atom is 0.413 e. The van der Waals surface area contributed by atoms with Crippen LogP contribution in [0.15, 0.2) is 24.7 Å². The van der Waals surface area contributed by atoms with Gasteiger partial charge >= 0.3 is 12.1 Å². The highest BCUT2D eigenvalue weighted by molar-refractivity contribution is 5.88. The summed E-state index contributed by atoms with van der Waals surface area (Å²) in [6.07, 6.45) is 4.95. The zero-order chi connectivity index (χ0) is 28.7. The second-order valence-corrected chi connectivity index (χ2v) is 9.92. The average molecular weight is 564 g/mol. The third-order valence-electron chi connectivity index (χ3n) is 6.89. The summed E-state index contributed by atoms with van der Waals surface area (Å²) in [4.78, 5) is 46.3. The third kappa shape index (κ3) is 7.61. The van der Waals surface area contributed by atoms with Crippen LogP contribution in [0, 0.1) is 5.92 Å². The highest BCUT2D eigenvalue weighted by atomic mass is 19.3. The molecule has 40 heavy (non-hydrogen) atoms. The van der Waals surface area contributed by atoms with Gasteiger partial charge in [0.2, 0.25) is 17.7 Å². The number of hydrogen-bond donors (Lipinski definition) is 2. The van der Waals surface area contributed by atoms with Crippen LogP contribution in [0.2, 0.25) is 0 Å². The second-order valence-electron chi connectivity index (χ2n) is 9.92. The quantitative estimate of drug-likeness (QED) is 0.493. The molecule has 3 amide bonds. The van der Waals surface area contributed by atoms with Gasteiger partial charge in [0, 0.05) is 51.9 Å². The first-order valence-electron chi connectivity index (χ1n) is 13.2. The molecule has 0 aromatic carbocycles. The van der Waals surface area contributed by atoms with Gasteiger partial charge in [-0.15, -0.1) is 0 Å². The van der Waals surface area contributed by atoms with Gasteiger partial charge in [-0.1, -0.05) is 0 Å². The molecule has 15 heteroatoms. The number of nitrogens with zero attached hydrogens (tertiary/aromatic N) is 7. The monoisotopic (exact) mass is 563 g/mol. The van der Waals surface area contributed by atoms with Gasteiger partial charge in [0.15, 0.2) is 5.82 Å². The van der Waals surface area contributed by atoms with Crippen LogP contribution >= 0.6 is 0 Å². The standard InChI is InChI=1S/C25H35F2N9O4/c1-4-39-21-14-29-19(13-30-21)32-23(37)35(3)18-16-36(11-8-25(18,26)27)22-28-9-7-20(33-22)40-24(38)31-12-17-6-5-10-34(2)15-17/h7,9,13-14,17-18H,4-6,8,10-12,15-16H2,1-3H3,(H,31,38)(H,29,32,37)/t17-,18-/m0/s1. The van der Waals surface area contributed by atoms with Gasteiger partial charge < -0.3 is 29.5 Å². The first kappa shape index (κ1) is 29.1. The van der Waals surface area contributed by atoms with Crippen LogP contribution in [0.1, 0.15) is 26.2 Å². The zero-order valence-corrected chi connectivity index (χ0v) is 22.8. The van der Waals surface area contributed by atoms with Crippen LogP contribution in [0.25, 0.3) is 0 Å². The van der Waals surface area contributed by atoms with E-state index in [4.69, 9.17) is 9.47 Å². The van der Waals surface area contributed by atoms with Crippen LogP contribution in [-0.4, -0.2) is 107 Å². The van der Waals surface area contributed by atoms with Crippen LogP contribution in [-0.2, 0) is 0 Å². The first-order chi connectivity index (χ1) is 19.1. The Balaban J connectivity index is 1.35. The van der Waals surface area contributed by atoms with E-state index in [0.29, 0.717) is 19.1 Å². The lowest BCUT2D eigenvalue weighted by atomic mass is 9.99. The van der Waals surface area contributed by atoms with Crippen molar-refractivity contribution in [2.75, 3.05) is 63.6 Å². The maximum atomic E-state index is 14.9. The Hall–Kier alpha value is -3.88. The molecule has 4 heterocycles. The van der Waals surface area contributed by atoms with Gasteiger partial charge in [0.25, 0.3) is 5.92 Å². The normalized spacial score (nSPS) is 20.9. The van der Waals surface area contributed by atoms with E-state index in [-0.39, 0.29) is 36.6 Å².